The zero-order chi connectivity index (χ0) is 23.9. The highest BCUT2D eigenvalue weighted by molar-refractivity contribution is 7.93. The summed E-state index contributed by atoms with van der Waals surface area (Å²) in [5, 5.41) is 9.11. The smallest absolute Gasteiger partial charge is 0.265 e. The van der Waals surface area contributed by atoms with E-state index in [0.29, 0.717) is 18.6 Å². The number of nitrogens with one attached hydrogen (secondary N) is 1. The molecule has 33 heavy (non-hydrogen) atoms. The third-order valence-electron chi connectivity index (χ3n) is 5.79. The van der Waals surface area contributed by atoms with E-state index >= 15 is 0 Å². The molecule has 0 unspecified atom stereocenters. The van der Waals surface area contributed by atoms with E-state index in [9.17, 15) is 18.0 Å². The van der Waals surface area contributed by atoms with E-state index in [-0.39, 0.29) is 43.5 Å². The average Bonchev–Trinajstić information content (AvgIpc) is 2.86. The zero-order valence-corrected chi connectivity index (χ0v) is 19.2. The van der Waals surface area contributed by atoms with Gasteiger partial charge in [-0.3, -0.25) is 14.8 Å². The van der Waals surface area contributed by atoms with Gasteiger partial charge < -0.3 is 14.4 Å². The summed E-state index contributed by atoms with van der Waals surface area (Å²) < 4.78 is 35.5. The lowest BCUT2D eigenvalue weighted by molar-refractivity contribution is -0.134. The summed E-state index contributed by atoms with van der Waals surface area (Å²) >= 11 is 0. The Hall–Kier alpha value is -2.95. The maximum Gasteiger partial charge on any atom is 0.265 e. The first-order valence-electron chi connectivity index (χ1n) is 10.6. The molecular weight excluding hydrogens is 448 g/mol. The average molecular weight is 477 g/mol. The molecular formula is C23H28N2O7S. The van der Waals surface area contributed by atoms with Gasteiger partial charge in [0.25, 0.3) is 5.91 Å². The maximum absolute atomic E-state index is 13.2. The molecule has 2 aromatic carbocycles. The number of anilines is 1. The van der Waals surface area contributed by atoms with Crippen molar-refractivity contribution >= 4 is 27.3 Å². The Labute approximate surface area is 193 Å². The van der Waals surface area contributed by atoms with Gasteiger partial charge in [-0.25, -0.2) is 13.9 Å². The molecule has 1 fully saturated rings. The fourth-order valence-corrected chi connectivity index (χ4v) is 5.68. The standard InChI is InChI=1S/C23H28N2O7S/c1-25(18-6-3-2-4-7-18)21(26)8-5-15-32-19-9-11-20(12-10-19)33(29,30)23(22(27)24-28)13-16-31-17-14-23/h2-4,6-7,9-12,28H,5,8,13-17H2,1H3,(H,24,27). The molecule has 1 aliphatic rings. The molecule has 178 valence electrons. The van der Waals surface area contributed by atoms with Crippen molar-refractivity contribution in [2.24, 2.45) is 0 Å². The highest BCUT2D eigenvalue weighted by Crippen LogP contribution is 2.35. The van der Waals surface area contributed by atoms with Gasteiger partial charge in [-0.15, -0.1) is 0 Å². The van der Waals surface area contributed by atoms with Gasteiger partial charge in [-0.1, -0.05) is 18.2 Å². The Kier molecular flexibility index (Phi) is 8.06. The normalized spacial score (nSPS) is 15.5. The van der Waals surface area contributed by atoms with Gasteiger partial charge in [0.15, 0.2) is 14.6 Å². The van der Waals surface area contributed by atoms with E-state index in [1.807, 2.05) is 30.3 Å². The Morgan fingerprint density at radius 3 is 2.33 bits per heavy atom. The summed E-state index contributed by atoms with van der Waals surface area (Å²) in [5.74, 6) is -0.545. The predicted octanol–water partition coefficient (Wildman–Crippen LogP) is 2.34. The molecule has 10 heteroatoms. The van der Waals surface area contributed by atoms with Crippen molar-refractivity contribution in [1.82, 2.24) is 5.48 Å². The zero-order valence-electron chi connectivity index (χ0n) is 18.4. The second-order valence-electron chi connectivity index (χ2n) is 7.76. The summed E-state index contributed by atoms with van der Waals surface area (Å²) in [6.07, 6.45) is 0.700. The van der Waals surface area contributed by atoms with E-state index in [1.54, 1.807) is 11.9 Å². The number of carbonyl (C=O) groups excluding carboxylic acids is 2. The summed E-state index contributed by atoms with van der Waals surface area (Å²) in [6.45, 7) is 0.493. The topological polar surface area (TPSA) is 122 Å². The quantitative estimate of drug-likeness (QED) is 0.324. The molecule has 1 aliphatic heterocycles. The van der Waals surface area contributed by atoms with Gasteiger partial charge in [-0.05, 0) is 55.7 Å². The Balaban J connectivity index is 1.57. The molecule has 0 spiro atoms. The molecule has 0 atom stereocenters. The van der Waals surface area contributed by atoms with Crippen LogP contribution in [0.2, 0.25) is 0 Å². The molecule has 2 amide bonds. The molecule has 0 saturated carbocycles. The van der Waals surface area contributed by atoms with Crippen LogP contribution in [-0.2, 0) is 24.2 Å². The first kappa shape index (κ1) is 24.7. The fourth-order valence-electron chi connectivity index (χ4n) is 3.74. The van der Waals surface area contributed by atoms with Crippen LogP contribution in [-0.4, -0.2) is 57.1 Å². The number of rotatable bonds is 9. The number of amides is 2. The number of hydrogen-bond acceptors (Lipinski definition) is 7. The van der Waals surface area contributed by atoms with Crippen molar-refractivity contribution in [3.8, 4) is 5.75 Å². The number of hydroxylamine groups is 1. The van der Waals surface area contributed by atoms with Crippen LogP contribution in [0.15, 0.2) is 59.5 Å². The second-order valence-corrected chi connectivity index (χ2v) is 10.0. The third kappa shape index (κ3) is 5.35. The van der Waals surface area contributed by atoms with Gasteiger partial charge in [-0.2, -0.15) is 0 Å². The van der Waals surface area contributed by atoms with Crippen molar-refractivity contribution in [1.29, 1.82) is 0 Å². The lowest BCUT2D eigenvalue weighted by Crippen LogP contribution is -2.54. The van der Waals surface area contributed by atoms with E-state index in [0.717, 1.165) is 5.69 Å². The summed E-state index contributed by atoms with van der Waals surface area (Å²) in [5.41, 5.74) is 2.31. The van der Waals surface area contributed by atoms with Crippen LogP contribution in [0.25, 0.3) is 0 Å². The largest absolute Gasteiger partial charge is 0.494 e. The van der Waals surface area contributed by atoms with Gasteiger partial charge in [0.1, 0.15) is 5.75 Å². The highest BCUT2D eigenvalue weighted by atomic mass is 32.2. The molecule has 0 radical (unpaired) electrons. The molecule has 1 heterocycles. The number of sulfone groups is 1. The summed E-state index contributed by atoms with van der Waals surface area (Å²) in [4.78, 5) is 26.2. The molecule has 0 aromatic heterocycles. The van der Waals surface area contributed by atoms with Crippen LogP contribution >= 0.6 is 0 Å². The number of benzene rings is 2. The molecule has 3 rings (SSSR count). The van der Waals surface area contributed by atoms with E-state index in [2.05, 4.69) is 0 Å². The predicted molar refractivity (Wildman–Crippen MR) is 121 cm³/mol. The third-order valence-corrected chi connectivity index (χ3v) is 8.30. The van der Waals surface area contributed by atoms with Crippen LogP contribution in [0, 0.1) is 0 Å². The van der Waals surface area contributed by atoms with Gasteiger partial charge in [0.2, 0.25) is 5.91 Å². The molecule has 1 saturated heterocycles. The van der Waals surface area contributed by atoms with Crippen LogP contribution in [0.5, 0.6) is 5.75 Å². The first-order valence-corrected chi connectivity index (χ1v) is 12.1. The first-order chi connectivity index (χ1) is 15.8. The number of carbonyl (C=O) groups is 2. The van der Waals surface area contributed by atoms with E-state index in [4.69, 9.17) is 14.7 Å². The summed E-state index contributed by atoms with van der Waals surface area (Å²) in [7, 11) is -2.36. The lowest BCUT2D eigenvalue weighted by atomic mass is 9.98. The van der Waals surface area contributed by atoms with Crippen molar-refractivity contribution < 1.29 is 32.7 Å². The minimum atomic E-state index is -4.08. The summed E-state index contributed by atoms with van der Waals surface area (Å²) in [6, 6.07) is 15.1. The second kappa shape index (κ2) is 10.8. The Morgan fingerprint density at radius 1 is 1.09 bits per heavy atom. The molecule has 2 N–H and O–H groups in total. The highest BCUT2D eigenvalue weighted by Gasteiger charge is 2.52. The van der Waals surface area contributed by atoms with Crippen LogP contribution in [0.1, 0.15) is 25.7 Å². The lowest BCUT2D eigenvalue weighted by Gasteiger charge is -2.34. The number of para-hydroxylation sites is 1. The van der Waals surface area contributed by atoms with Crippen molar-refractivity contribution in [2.75, 3.05) is 31.8 Å². The molecule has 0 bridgehead atoms. The molecule has 9 nitrogen and oxygen atoms in total. The van der Waals surface area contributed by atoms with Crippen LogP contribution < -0.4 is 15.1 Å². The van der Waals surface area contributed by atoms with Gasteiger partial charge in [0.05, 0.1) is 11.5 Å². The minimum absolute atomic E-state index is 0.0323. The Bertz CT molecular complexity index is 1050. The van der Waals surface area contributed by atoms with Crippen molar-refractivity contribution in [3.63, 3.8) is 0 Å². The number of nitrogens with zero attached hydrogens (tertiary/aromatic N) is 1. The van der Waals surface area contributed by atoms with E-state index in [1.165, 1.54) is 29.7 Å². The Morgan fingerprint density at radius 2 is 1.73 bits per heavy atom. The molecule has 0 aliphatic carbocycles. The number of ether oxygens (including phenoxy) is 2. The minimum Gasteiger partial charge on any atom is -0.494 e. The van der Waals surface area contributed by atoms with E-state index < -0.39 is 20.5 Å². The number of hydrogen-bond donors (Lipinski definition) is 2. The van der Waals surface area contributed by atoms with Crippen molar-refractivity contribution in [3.05, 3.63) is 54.6 Å². The fraction of sp³-hybridized carbons (Fsp3) is 0.391. The SMILES string of the molecule is CN(C(=O)CCCOc1ccc(S(=O)(=O)C2(C(=O)NO)CCOCC2)cc1)c1ccccc1. The van der Waals surface area contributed by atoms with Crippen LogP contribution in [0.3, 0.4) is 0 Å². The molecule has 2 aromatic rings. The monoisotopic (exact) mass is 476 g/mol. The van der Waals surface area contributed by atoms with Crippen molar-refractivity contribution in [2.45, 2.75) is 35.3 Å². The maximum atomic E-state index is 13.2. The van der Waals surface area contributed by atoms with Gasteiger partial charge >= 0.3 is 0 Å². The van der Waals surface area contributed by atoms with Crippen LogP contribution in [0.4, 0.5) is 5.69 Å². The van der Waals surface area contributed by atoms with Gasteiger partial charge in [0, 0.05) is 32.4 Å².